The van der Waals surface area contributed by atoms with Crippen molar-refractivity contribution < 1.29 is 4.79 Å². The maximum Gasteiger partial charge on any atom is 0.226 e. The molecule has 1 aliphatic rings. The van der Waals surface area contributed by atoms with E-state index in [0.717, 1.165) is 37.9 Å². The first-order valence-electron chi connectivity index (χ1n) is 8.22. The van der Waals surface area contributed by atoms with E-state index >= 15 is 0 Å². The van der Waals surface area contributed by atoms with Crippen molar-refractivity contribution in [2.24, 2.45) is 0 Å². The van der Waals surface area contributed by atoms with Crippen molar-refractivity contribution in [2.45, 2.75) is 63.6 Å². The molecular weight excluding hydrogens is 326 g/mol. The number of halogens is 1. The summed E-state index contributed by atoms with van der Waals surface area (Å²) in [6, 6.07) is 6.63. The Morgan fingerprint density at radius 1 is 1.33 bits per heavy atom. The second kappa shape index (κ2) is 7.98. The first-order valence-corrected chi connectivity index (χ1v) is 9.13. The van der Waals surface area contributed by atoms with Crippen LogP contribution in [0.2, 0.25) is 0 Å². The lowest BCUT2D eigenvalue weighted by atomic mass is 10.0. The molecule has 1 aromatic carbocycles. The van der Waals surface area contributed by atoms with Gasteiger partial charge in [-0.25, -0.2) is 0 Å². The highest BCUT2D eigenvalue weighted by atomic mass is 79.9. The Morgan fingerprint density at radius 3 is 2.86 bits per heavy atom. The fourth-order valence-electron chi connectivity index (χ4n) is 2.98. The molecule has 0 aromatic heterocycles. The lowest BCUT2D eigenvalue weighted by Gasteiger charge is -2.17. The Morgan fingerprint density at radius 2 is 2.14 bits per heavy atom. The number of rotatable bonds is 7. The van der Waals surface area contributed by atoms with Crippen LogP contribution in [0.15, 0.2) is 18.2 Å². The molecule has 1 unspecified atom stereocenters. The van der Waals surface area contributed by atoms with Crippen LogP contribution >= 0.6 is 15.9 Å². The molecule has 0 saturated heterocycles. The van der Waals surface area contributed by atoms with Crippen LogP contribution in [-0.2, 0) is 17.6 Å². The average molecular weight is 352 g/mol. The van der Waals surface area contributed by atoms with Gasteiger partial charge in [-0.1, -0.05) is 54.8 Å². The van der Waals surface area contributed by atoms with Gasteiger partial charge in [0.15, 0.2) is 0 Å². The van der Waals surface area contributed by atoms with Gasteiger partial charge in [0.2, 0.25) is 5.91 Å². The first-order chi connectivity index (χ1) is 10.2. The van der Waals surface area contributed by atoms with Crippen LogP contribution < -0.4 is 4.90 Å². The van der Waals surface area contributed by atoms with Crippen LogP contribution in [0, 0.1) is 0 Å². The molecule has 21 heavy (non-hydrogen) atoms. The number of alkyl halides is 1. The number of amides is 1. The molecule has 0 N–H and O–H groups in total. The zero-order valence-corrected chi connectivity index (χ0v) is 14.8. The maximum absolute atomic E-state index is 12.2. The van der Waals surface area contributed by atoms with Crippen molar-refractivity contribution >= 4 is 27.5 Å². The molecule has 1 heterocycles. The number of unbranched alkanes of at least 4 members (excludes halogenated alkanes) is 1. The van der Waals surface area contributed by atoms with Gasteiger partial charge >= 0.3 is 0 Å². The normalized spacial score (nSPS) is 15.1. The smallest absolute Gasteiger partial charge is 0.226 e. The van der Waals surface area contributed by atoms with Crippen LogP contribution in [0.1, 0.15) is 57.1 Å². The van der Waals surface area contributed by atoms with E-state index in [2.05, 4.69) is 48.0 Å². The molecule has 0 radical (unpaired) electrons. The predicted molar refractivity (Wildman–Crippen MR) is 93.4 cm³/mol. The third kappa shape index (κ3) is 4.32. The number of anilines is 1. The fraction of sp³-hybridized carbons (Fsp3) is 0.611. The second-order valence-electron chi connectivity index (χ2n) is 5.95. The summed E-state index contributed by atoms with van der Waals surface area (Å²) in [5.41, 5.74) is 3.86. The molecule has 2 rings (SSSR count). The molecule has 1 atom stereocenters. The molecule has 3 heteroatoms. The Hall–Kier alpha value is -0.830. The van der Waals surface area contributed by atoms with Gasteiger partial charge in [-0.3, -0.25) is 4.79 Å². The summed E-state index contributed by atoms with van der Waals surface area (Å²) in [5, 5.41) is 0. The molecule has 0 saturated carbocycles. The molecule has 0 aliphatic carbocycles. The van der Waals surface area contributed by atoms with Crippen LogP contribution in [0.25, 0.3) is 0 Å². The van der Waals surface area contributed by atoms with E-state index in [1.165, 1.54) is 24.0 Å². The third-order valence-electron chi connectivity index (χ3n) is 4.14. The summed E-state index contributed by atoms with van der Waals surface area (Å²) < 4.78 is 0. The Balaban J connectivity index is 2.04. The summed E-state index contributed by atoms with van der Waals surface area (Å²) in [4.78, 5) is 14.8. The number of fused-ring (bicyclic) bond motifs is 1. The van der Waals surface area contributed by atoms with E-state index in [1.54, 1.807) is 0 Å². The van der Waals surface area contributed by atoms with E-state index in [4.69, 9.17) is 0 Å². The average Bonchev–Trinajstić information content (AvgIpc) is 2.88. The number of benzene rings is 1. The predicted octanol–water partition coefficient (Wildman–Crippen LogP) is 4.87. The molecular formula is C18H26BrNO. The van der Waals surface area contributed by atoms with E-state index in [1.807, 2.05) is 4.90 Å². The Labute approximate surface area is 137 Å². The van der Waals surface area contributed by atoms with Crippen LogP contribution in [0.3, 0.4) is 0 Å². The van der Waals surface area contributed by atoms with E-state index in [9.17, 15) is 4.79 Å². The summed E-state index contributed by atoms with van der Waals surface area (Å²) in [6.45, 7) is 5.20. The lowest BCUT2D eigenvalue weighted by Crippen LogP contribution is -2.28. The molecule has 1 aromatic rings. The van der Waals surface area contributed by atoms with Crippen LogP contribution in [0.4, 0.5) is 5.69 Å². The summed E-state index contributed by atoms with van der Waals surface area (Å²) in [6.07, 6.45) is 7.24. The lowest BCUT2D eigenvalue weighted by molar-refractivity contribution is -0.118. The Bertz CT molecular complexity index is 486. The summed E-state index contributed by atoms with van der Waals surface area (Å²) >= 11 is 3.75. The summed E-state index contributed by atoms with van der Waals surface area (Å²) in [5.74, 6) is 0.285. The number of nitrogens with zero attached hydrogens (tertiary/aromatic N) is 1. The van der Waals surface area contributed by atoms with E-state index in [0.29, 0.717) is 11.2 Å². The van der Waals surface area contributed by atoms with Crippen molar-refractivity contribution in [1.29, 1.82) is 0 Å². The maximum atomic E-state index is 12.2. The van der Waals surface area contributed by atoms with E-state index in [-0.39, 0.29) is 5.91 Å². The van der Waals surface area contributed by atoms with Gasteiger partial charge in [0, 0.05) is 23.5 Å². The topological polar surface area (TPSA) is 20.3 Å². The zero-order valence-electron chi connectivity index (χ0n) is 13.2. The molecule has 0 fully saturated rings. The molecule has 0 spiro atoms. The minimum Gasteiger partial charge on any atom is -0.312 e. The first kappa shape index (κ1) is 16.5. The van der Waals surface area contributed by atoms with Gasteiger partial charge in [-0.15, -0.1) is 0 Å². The minimum absolute atomic E-state index is 0.285. The van der Waals surface area contributed by atoms with Crippen molar-refractivity contribution in [3.8, 4) is 0 Å². The van der Waals surface area contributed by atoms with Crippen molar-refractivity contribution in [3.05, 3.63) is 29.3 Å². The molecule has 2 nitrogen and oxygen atoms in total. The van der Waals surface area contributed by atoms with Gasteiger partial charge in [-0.2, -0.15) is 0 Å². The van der Waals surface area contributed by atoms with Crippen molar-refractivity contribution in [2.75, 3.05) is 11.4 Å². The zero-order chi connectivity index (χ0) is 15.2. The third-order valence-corrected chi connectivity index (χ3v) is 4.93. The van der Waals surface area contributed by atoms with E-state index < -0.39 is 0 Å². The molecule has 0 bridgehead atoms. The standard InChI is InChI=1S/C18H26BrNO/c1-3-5-7-18(21)20-11-10-15-12-14(8-9-17(15)20)13-16(19)6-4-2/h8-9,12,16H,3-7,10-11,13H2,1-2H3. The van der Waals surface area contributed by atoms with Crippen LogP contribution in [-0.4, -0.2) is 17.3 Å². The van der Waals surface area contributed by atoms with Gasteiger partial charge < -0.3 is 4.90 Å². The van der Waals surface area contributed by atoms with Gasteiger partial charge in [0.25, 0.3) is 0 Å². The highest BCUT2D eigenvalue weighted by molar-refractivity contribution is 9.09. The largest absolute Gasteiger partial charge is 0.312 e. The Kier molecular flexibility index (Phi) is 6.28. The van der Waals surface area contributed by atoms with Gasteiger partial charge in [0.05, 0.1) is 0 Å². The van der Waals surface area contributed by atoms with Gasteiger partial charge in [-0.05, 0) is 42.9 Å². The van der Waals surface area contributed by atoms with Crippen molar-refractivity contribution in [3.63, 3.8) is 0 Å². The highest BCUT2D eigenvalue weighted by Crippen LogP contribution is 2.30. The molecule has 1 aliphatic heterocycles. The summed E-state index contributed by atoms with van der Waals surface area (Å²) in [7, 11) is 0. The minimum atomic E-state index is 0.285. The van der Waals surface area contributed by atoms with Crippen molar-refractivity contribution in [1.82, 2.24) is 0 Å². The van der Waals surface area contributed by atoms with Crippen LogP contribution in [0.5, 0.6) is 0 Å². The highest BCUT2D eigenvalue weighted by Gasteiger charge is 2.24. The second-order valence-corrected chi connectivity index (χ2v) is 7.25. The fourth-order valence-corrected chi connectivity index (χ4v) is 3.81. The quantitative estimate of drug-likeness (QED) is 0.641. The number of hydrogen-bond acceptors (Lipinski definition) is 1. The number of hydrogen-bond donors (Lipinski definition) is 0. The SMILES string of the molecule is CCCCC(=O)N1CCc2cc(CC(Br)CCC)ccc21. The molecule has 1 amide bonds. The molecule has 116 valence electrons. The monoisotopic (exact) mass is 351 g/mol. The number of carbonyl (C=O) groups excluding carboxylic acids is 1. The number of carbonyl (C=O) groups is 1. The van der Waals surface area contributed by atoms with Gasteiger partial charge in [0.1, 0.15) is 0 Å².